The molecular formula is C24H25N5O. The molecule has 0 bridgehead atoms. The number of nitrogens with two attached hydrogens (primary N) is 1. The molecule has 1 unspecified atom stereocenters. The Labute approximate surface area is 176 Å². The van der Waals surface area contributed by atoms with E-state index in [1.54, 1.807) is 0 Å². The Morgan fingerprint density at radius 1 is 0.900 bits per heavy atom. The van der Waals surface area contributed by atoms with Gasteiger partial charge in [-0.1, -0.05) is 78.4 Å². The minimum atomic E-state index is -1.00. The van der Waals surface area contributed by atoms with E-state index in [0.717, 1.165) is 16.7 Å². The first kappa shape index (κ1) is 20.9. The number of benzene rings is 3. The molecule has 3 N–H and O–H groups in total. The summed E-state index contributed by atoms with van der Waals surface area (Å²) in [4.78, 5) is 17.2. The monoisotopic (exact) mass is 399 g/mol. The van der Waals surface area contributed by atoms with Gasteiger partial charge in [-0.15, -0.1) is 0 Å². The van der Waals surface area contributed by atoms with Gasteiger partial charge in [0.2, 0.25) is 6.04 Å². The molecule has 0 aliphatic carbocycles. The molecule has 1 atom stereocenters. The number of amides is 1. The molecular weight excluding hydrogens is 374 g/mol. The van der Waals surface area contributed by atoms with Crippen molar-refractivity contribution in [3.63, 3.8) is 0 Å². The van der Waals surface area contributed by atoms with E-state index in [-0.39, 0.29) is 11.7 Å². The number of carbonyl (C=O) groups excluding carboxylic acids is 1. The predicted molar refractivity (Wildman–Crippen MR) is 120 cm³/mol. The zero-order valence-electron chi connectivity index (χ0n) is 16.9. The van der Waals surface area contributed by atoms with Gasteiger partial charge >= 0.3 is 0 Å². The van der Waals surface area contributed by atoms with Crippen LogP contribution in [0.2, 0.25) is 0 Å². The number of rotatable bonds is 8. The third-order valence-electron chi connectivity index (χ3n) is 4.45. The second kappa shape index (κ2) is 10.7. The van der Waals surface area contributed by atoms with Gasteiger partial charge in [0.25, 0.3) is 5.91 Å². The molecule has 6 heteroatoms. The van der Waals surface area contributed by atoms with Gasteiger partial charge in [-0.05, 0) is 30.2 Å². The summed E-state index contributed by atoms with van der Waals surface area (Å²) in [5.74, 6) is -0.218. The van der Waals surface area contributed by atoms with E-state index in [0.29, 0.717) is 18.8 Å². The van der Waals surface area contributed by atoms with Crippen molar-refractivity contribution >= 4 is 17.4 Å². The highest BCUT2D eigenvalue weighted by molar-refractivity contribution is 6.06. The van der Waals surface area contributed by atoms with E-state index in [1.807, 2.05) is 91.9 Å². The summed E-state index contributed by atoms with van der Waals surface area (Å²) in [5, 5.41) is 11.2. The van der Waals surface area contributed by atoms with Gasteiger partial charge in [0.15, 0.2) is 0 Å². The van der Waals surface area contributed by atoms with Crippen molar-refractivity contribution in [2.24, 2.45) is 21.0 Å². The maximum atomic E-state index is 12.8. The second-order valence-electron chi connectivity index (χ2n) is 6.88. The van der Waals surface area contributed by atoms with Gasteiger partial charge in [-0.25, -0.2) is 0 Å². The molecule has 0 radical (unpaired) electrons. The van der Waals surface area contributed by atoms with Crippen molar-refractivity contribution in [2.45, 2.75) is 26.1 Å². The fraction of sp³-hybridized carbons (Fsp3) is 0.167. The van der Waals surface area contributed by atoms with E-state index < -0.39 is 6.04 Å². The van der Waals surface area contributed by atoms with Gasteiger partial charge < -0.3 is 11.1 Å². The zero-order valence-corrected chi connectivity index (χ0v) is 16.9. The van der Waals surface area contributed by atoms with Crippen molar-refractivity contribution in [1.82, 2.24) is 5.32 Å². The maximum Gasteiger partial charge on any atom is 0.254 e. The smallest absolute Gasteiger partial charge is 0.254 e. The van der Waals surface area contributed by atoms with Crippen LogP contribution in [0.15, 0.2) is 100 Å². The fourth-order valence-electron chi connectivity index (χ4n) is 2.71. The third-order valence-corrected chi connectivity index (χ3v) is 4.45. The lowest BCUT2D eigenvalue weighted by Crippen LogP contribution is -2.42. The first-order valence-electron chi connectivity index (χ1n) is 9.75. The van der Waals surface area contributed by atoms with Crippen LogP contribution >= 0.6 is 0 Å². The van der Waals surface area contributed by atoms with Gasteiger partial charge in [0.1, 0.15) is 5.84 Å². The molecule has 0 aliphatic rings. The minimum Gasteiger partial charge on any atom is -0.385 e. The SMILES string of the molecule is Cc1ccc(CNC(=O)C(N=Nc2ccccc2)C(N)=NCc2ccccc2)cc1. The highest BCUT2D eigenvalue weighted by Crippen LogP contribution is 2.12. The Kier molecular flexibility index (Phi) is 7.44. The second-order valence-corrected chi connectivity index (χ2v) is 6.88. The summed E-state index contributed by atoms with van der Waals surface area (Å²) in [6.45, 7) is 2.77. The van der Waals surface area contributed by atoms with Crippen LogP contribution < -0.4 is 11.1 Å². The van der Waals surface area contributed by atoms with Crippen molar-refractivity contribution in [3.05, 3.63) is 102 Å². The molecule has 3 rings (SSSR count). The third kappa shape index (κ3) is 6.38. The molecule has 0 saturated heterocycles. The summed E-state index contributed by atoms with van der Waals surface area (Å²) >= 11 is 0. The lowest BCUT2D eigenvalue weighted by Gasteiger charge is -2.12. The van der Waals surface area contributed by atoms with Gasteiger partial charge in [-0.3, -0.25) is 9.79 Å². The Morgan fingerprint density at radius 2 is 1.53 bits per heavy atom. The van der Waals surface area contributed by atoms with Gasteiger partial charge in [0, 0.05) is 6.54 Å². The number of nitrogens with one attached hydrogen (secondary N) is 1. The Morgan fingerprint density at radius 3 is 2.20 bits per heavy atom. The largest absolute Gasteiger partial charge is 0.385 e. The topological polar surface area (TPSA) is 92.2 Å². The average molecular weight is 399 g/mol. The molecule has 3 aromatic carbocycles. The minimum absolute atomic E-state index is 0.125. The summed E-state index contributed by atoms with van der Waals surface area (Å²) in [6, 6.07) is 25.9. The number of amidine groups is 1. The number of aryl methyl sites for hydroxylation is 1. The summed E-state index contributed by atoms with van der Waals surface area (Å²) in [7, 11) is 0. The predicted octanol–water partition coefficient (Wildman–Crippen LogP) is 4.32. The van der Waals surface area contributed by atoms with Crippen molar-refractivity contribution in [2.75, 3.05) is 0 Å². The van der Waals surface area contributed by atoms with Crippen molar-refractivity contribution in [3.8, 4) is 0 Å². The molecule has 0 aromatic heterocycles. The van der Waals surface area contributed by atoms with E-state index in [4.69, 9.17) is 5.73 Å². The maximum absolute atomic E-state index is 12.8. The summed E-state index contributed by atoms with van der Waals surface area (Å²) in [6.07, 6.45) is 0. The van der Waals surface area contributed by atoms with Crippen LogP contribution in [0.3, 0.4) is 0 Å². The average Bonchev–Trinajstić information content (AvgIpc) is 2.79. The molecule has 30 heavy (non-hydrogen) atoms. The van der Waals surface area contributed by atoms with Crippen molar-refractivity contribution < 1.29 is 4.79 Å². The van der Waals surface area contributed by atoms with Crippen LogP contribution in [0.1, 0.15) is 16.7 Å². The molecule has 0 saturated carbocycles. The Hall–Kier alpha value is -3.80. The molecule has 0 aliphatic heterocycles. The van der Waals surface area contributed by atoms with Crippen LogP contribution in [0.5, 0.6) is 0 Å². The molecule has 6 nitrogen and oxygen atoms in total. The van der Waals surface area contributed by atoms with Crippen LogP contribution in [0.4, 0.5) is 5.69 Å². The number of aliphatic imine (C=N–C) groups is 1. The molecule has 152 valence electrons. The molecule has 0 spiro atoms. The number of nitrogens with zero attached hydrogens (tertiary/aromatic N) is 3. The van der Waals surface area contributed by atoms with Crippen molar-refractivity contribution in [1.29, 1.82) is 0 Å². The molecule has 3 aromatic rings. The number of hydrogen-bond acceptors (Lipinski definition) is 4. The fourth-order valence-corrected chi connectivity index (χ4v) is 2.71. The summed E-state index contributed by atoms with van der Waals surface area (Å²) in [5.41, 5.74) is 9.95. The molecule has 0 heterocycles. The van der Waals surface area contributed by atoms with Crippen LogP contribution in [0, 0.1) is 6.92 Å². The van der Waals surface area contributed by atoms with Crippen LogP contribution in [-0.2, 0) is 17.9 Å². The highest BCUT2D eigenvalue weighted by atomic mass is 16.2. The van der Waals surface area contributed by atoms with E-state index >= 15 is 0 Å². The Balaban J connectivity index is 1.74. The molecule has 0 fully saturated rings. The van der Waals surface area contributed by atoms with E-state index in [9.17, 15) is 4.79 Å². The van der Waals surface area contributed by atoms with E-state index in [1.165, 1.54) is 0 Å². The quantitative estimate of drug-likeness (QED) is 0.335. The number of carbonyl (C=O) groups is 1. The van der Waals surface area contributed by atoms with Crippen LogP contribution in [-0.4, -0.2) is 17.8 Å². The number of hydrogen-bond donors (Lipinski definition) is 2. The standard InChI is InChI=1S/C24H25N5O/c1-18-12-14-20(15-13-18)17-27-24(30)22(29-28-21-10-6-3-7-11-21)23(25)26-16-19-8-4-2-5-9-19/h2-15,22H,16-17H2,1H3,(H2,25,26)(H,27,30). The lowest BCUT2D eigenvalue weighted by atomic mass is 10.1. The lowest BCUT2D eigenvalue weighted by molar-refractivity contribution is -0.121. The van der Waals surface area contributed by atoms with Gasteiger partial charge in [0.05, 0.1) is 12.2 Å². The Bertz CT molecular complexity index is 999. The first-order chi connectivity index (χ1) is 14.6. The van der Waals surface area contributed by atoms with Crippen LogP contribution in [0.25, 0.3) is 0 Å². The summed E-state index contributed by atoms with van der Waals surface area (Å²) < 4.78 is 0. The van der Waals surface area contributed by atoms with Gasteiger partial charge in [-0.2, -0.15) is 10.2 Å². The first-order valence-corrected chi connectivity index (χ1v) is 9.75. The zero-order chi connectivity index (χ0) is 21.2. The number of azo groups is 1. The normalized spacial score (nSPS) is 12.6. The molecule has 1 amide bonds. The highest BCUT2D eigenvalue weighted by Gasteiger charge is 2.22. The van der Waals surface area contributed by atoms with E-state index in [2.05, 4.69) is 20.5 Å².